The van der Waals surface area contributed by atoms with Crippen LogP contribution in [-0.2, 0) is 0 Å². The van der Waals surface area contributed by atoms with E-state index >= 15 is 0 Å². The maximum atomic E-state index is 5.17. The minimum Gasteiger partial charge on any atom is -0.264 e. The molecule has 0 aliphatic rings. The average molecular weight is 1760 g/mol. The first-order valence-corrected chi connectivity index (χ1v) is 46.3. The largest absolute Gasteiger partial charge is 0.264 e. The minimum atomic E-state index is 0.688. The zero-order chi connectivity index (χ0) is 92.1. The first-order chi connectivity index (χ1) is 68.3. The summed E-state index contributed by atoms with van der Waals surface area (Å²) < 4.78 is 0. The number of nitrogens with zero attached hydrogens (tertiary/aromatic N) is 9. The van der Waals surface area contributed by atoms with Crippen LogP contribution in [0.2, 0.25) is 0 Å². The Morgan fingerprint density at radius 3 is 0.703 bits per heavy atom. The molecule has 0 radical (unpaired) electrons. The molecule has 9 nitrogen and oxygen atoms in total. The Balaban J connectivity index is 0.000000119. The molecule has 0 N–H and O–H groups in total. The summed E-state index contributed by atoms with van der Waals surface area (Å²) in [6.45, 7) is 0. The monoisotopic (exact) mass is 1760 g/mol. The number of rotatable bonds is 18. The molecule has 0 saturated heterocycles. The van der Waals surface area contributed by atoms with Gasteiger partial charge in [0.25, 0.3) is 0 Å². The van der Waals surface area contributed by atoms with Gasteiger partial charge in [0, 0.05) is 98.4 Å². The molecule has 6 aromatic heterocycles. The van der Waals surface area contributed by atoms with Crippen LogP contribution in [0.1, 0.15) is 0 Å². The van der Waals surface area contributed by atoms with Crippen LogP contribution in [0, 0.1) is 0 Å². The van der Waals surface area contributed by atoms with Crippen molar-refractivity contribution in [1.82, 2.24) is 44.9 Å². The lowest BCUT2D eigenvalue weighted by molar-refractivity contribution is 1.18. The third-order valence-electron chi connectivity index (χ3n) is 25.2. The van der Waals surface area contributed by atoms with Gasteiger partial charge in [-0.25, -0.2) is 29.9 Å². The highest BCUT2D eigenvalue weighted by Crippen LogP contribution is 2.40. The van der Waals surface area contributed by atoms with Gasteiger partial charge in [-0.05, 0) is 200 Å². The van der Waals surface area contributed by atoms with Crippen LogP contribution in [-0.4, -0.2) is 44.9 Å². The van der Waals surface area contributed by atoms with Crippen LogP contribution >= 0.6 is 0 Å². The summed E-state index contributed by atoms with van der Waals surface area (Å²) in [6.07, 6.45) is 11.1. The van der Waals surface area contributed by atoms with Gasteiger partial charge < -0.3 is 0 Å². The highest BCUT2D eigenvalue weighted by Gasteiger charge is 2.20. The predicted octanol–water partition coefficient (Wildman–Crippen LogP) is 33.1. The summed E-state index contributed by atoms with van der Waals surface area (Å²) in [4.78, 5) is 43.8. The molecule has 9 heteroatoms. The lowest BCUT2D eigenvalue weighted by atomic mass is 9.96. The van der Waals surface area contributed by atoms with E-state index in [4.69, 9.17) is 29.9 Å². The predicted molar refractivity (Wildman–Crippen MR) is 570 cm³/mol. The summed E-state index contributed by atoms with van der Waals surface area (Å²) in [5, 5.41) is 7.35. The van der Waals surface area contributed by atoms with E-state index in [1.807, 2.05) is 55.0 Å². The van der Waals surface area contributed by atoms with E-state index in [2.05, 4.69) is 470 Å². The van der Waals surface area contributed by atoms with Gasteiger partial charge in [0.1, 0.15) is 0 Å². The van der Waals surface area contributed by atoms with E-state index in [9.17, 15) is 0 Å². The molecule has 0 atom stereocenters. The molecular weight excluding hydrogens is 1680 g/mol. The quantitative estimate of drug-likeness (QED) is 0.0828. The first-order valence-electron chi connectivity index (χ1n) is 46.3. The summed E-state index contributed by atoms with van der Waals surface area (Å²) >= 11 is 0. The van der Waals surface area contributed by atoms with E-state index in [0.29, 0.717) is 17.5 Å². The lowest BCUT2D eigenvalue weighted by Crippen LogP contribution is -1.96. The fraction of sp³-hybridized carbons (Fsp3) is 0. The van der Waals surface area contributed by atoms with Crippen molar-refractivity contribution in [3.8, 4) is 202 Å². The number of hydrogen-bond acceptors (Lipinski definition) is 9. The topological polar surface area (TPSA) is 116 Å². The number of aromatic nitrogens is 9. The number of hydrogen-bond donors (Lipinski definition) is 0. The van der Waals surface area contributed by atoms with E-state index < -0.39 is 0 Å². The maximum absolute atomic E-state index is 5.17. The van der Waals surface area contributed by atoms with Gasteiger partial charge in [-0.3, -0.25) is 15.0 Å². The second kappa shape index (κ2) is 39.5. The molecule has 6 heterocycles. The summed E-state index contributed by atoms with van der Waals surface area (Å²) in [6, 6.07) is 172. The molecule has 0 unspecified atom stereocenters. The van der Waals surface area contributed by atoms with Crippen molar-refractivity contribution < 1.29 is 0 Å². The van der Waals surface area contributed by atoms with E-state index in [1.54, 1.807) is 18.6 Å². The Labute approximate surface area is 802 Å². The molecule has 138 heavy (non-hydrogen) atoms. The Hall–Kier alpha value is -18.6. The number of pyridine rings is 3. The van der Waals surface area contributed by atoms with E-state index in [-0.39, 0.29) is 0 Å². The zero-order valence-corrected chi connectivity index (χ0v) is 75.3. The van der Waals surface area contributed by atoms with Crippen molar-refractivity contribution in [2.24, 2.45) is 0 Å². The smallest absolute Gasteiger partial charge is 0.160 e. The highest BCUT2D eigenvalue weighted by atomic mass is 14.9. The molecule has 0 fully saturated rings. The van der Waals surface area contributed by atoms with Gasteiger partial charge >= 0.3 is 0 Å². The third kappa shape index (κ3) is 19.1. The van der Waals surface area contributed by atoms with Crippen molar-refractivity contribution in [3.05, 3.63) is 529 Å². The minimum absolute atomic E-state index is 0.688. The van der Waals surface area contributed by atoms with Crippen molar-refractivity contribution in [1.29, 1.82) is 0 Å². The SMILES string of the molecule is c1ccc(-c2ccc(-c3cc(-c4ccc(-c5cccnc5)cc4)nc(-c4cccc(-c5ccc6ccccc6c5)c4)n3)cc2)cc1.c1ccc(-c2ccc(-c3cc(-c4cccc(-c5cccnc5)c4)nc(-c4cccc(-c5ccc6ccccc6c5)c4)n3)cc2)cc1.c1ccc(-c2ccc(-c3cc(-c4cccc(-c5cccnc5)c4)nc(-c4cccc(-c5cccc6ccccc56)c4)n3)cc2)cc1. The highest BCUT2D eigenvalue weighted by molar-refractivity contribution is 5.98. The summed E-state index contributed by atoms with van der Waals surface area (Å²) in [5.41, 5.74) is 34.9. The Kier molecular flexibility index (Phi) is 24.3. The average Bonchev–Trinajstić information content (AvgIpc) is 0.787. The fourth-order valence-corrected chi connectivity index (χ4v) is 17.9. The van der Waals surface area contributed by atoms with E-state index in [1.165, 1.54) is 76.8 Å². The van der Waals surface area contributed by atoms with Crippen molar-refractivity contribution >= 4 is 32.3 Å². The lowest BCUT2D eigenvalue weighted by Gasteiger charge is -2.12. The van der Waals surface area contributed by atoms with Crippen LogP contribution in [0.15, 0.2) is 529 Å². The number of fused-ring (bicyclic) bond motifs is 3. The van der Waals surface area contributed by atoms with Crippen LogP contribution in [0.5, 0.6) is 0 Å². The first kappa shape index (κ1) is 84.9. The van der Waals surface area contributed by atoms with Crippen LogP contribution in [0.4, 0.5) is 0 Å². The second-order valence-electron chi connectivity index (χ2n) is 34.1. The van der Waals surface area contributed by atoms with Gasteiger partial charge in [-0.2, -0.15) is 0 Å². The maximum Gasteiger partial charge on any atom is 0.160 e. The molecular formula is C129H87N9. The van der Waals surface area contributed by atoms with E-state index in [0.717, 1.165) is 140 Å². The molecule has 0 bridgehead atoms. The molecule has 0 aliphatic carbocycles. The Morgan fingerprint density at radius 1 is 0.116 bits per heavy atom. The van der Waals surface area contributed by atoms with Gasteiger partial charge in [0.2, 0.25) is 0 Å². The van der Waals surface area contributed by atoms with Gasteiger partial charge in [0.05, 0.1) is 34.2 Å². The molecule has 648 valence electrons. The van der Waals surface area contributed by atoms with Gasteiger partial charge in [-0.1, -0.05) is 413 Å². The molecule has 0 aliphatic heterocycles. The van der Waals surface area contributed by atoms with Crippen LogP contribution < -0.4 is 0 Å². The fourth-order valence-electron chi connectivity index (χ4n) is 17.9. The molecule has 0 amide bonds. The van der Waals surface area contributed by atoms with Crippen molar-refractivity contribution in [2.75, 3.05) is 0 Å². The third-order valence-corrected chi connectivity index (χ3v) is 25.2. The van der Waals surface area contributed by atoms with Crippen molar-refractivity contribution in [3.63, 3.8) is 0 Å². The van der Waals surface area contributed by atoms with Crippen molar-refractivity contribution in [2.45, 2.75) is 0 Å². The van der Waals surface area contributed by atoms with Gasteiger partial charge in [-0.15, -0.1) is 0 Å². The van der Waals surface area contributed by atoms with Crippen LogP contribution in [0.3, 0.4) is 0 Å². The Bertz CT molecular complexity index is 8330. The molecule has 0 spiro atoms. The molecule has 24 aromatic rings. The summed E-state index contributed by atoms with van der Waals surface area (Å²) in [5.74, 6) is 2.07. The molecule has 0 saturated carbocycles. The Morgan fingerprint density at radius 2 is 0.341 bits per heavy atom. The normalized spacial score (nSPS) is 11.0. The number of benzene rings is 18. The second-order valence-corrected chi connectivity index (χ2v) is 34.1. The summed E-state index contributed by atoms with van der Waals surface area (Å²) in [7, 11) is 0. The standard InChI is InChI=1S/3C43H29N3/c1-2-10-30(11-3-1)31-21-23-33(24-22-31)41-28-42(36-16-6-14-34(26-36)38-18-9-25-44-29-38)46-43(45-41)37-17-7-15-35(27-37)40-20-8-13-32-12-4-5-19-39(32)40;1-2-9-30(10-3-1)32-18-21-33(22-19-32)41-28-42(38-15-6-14-36(26-38)40-17-8-24-44-29-40)46-43(45-41)39-16-7-13-35(27-39)37-23-20-31-11-4-5-12-34(31)25-37;1-2-8-30(9-3-1)32-15-20-34(21-16-32)41-28-42(35-22-17-33(18-23-35)40-14-7-25-44-29-40)46-43(45-41)39-13-6-12-37(27-39)38-24-19-31-10-4-5-11-36(31)26-38/h3*1-29H. The zero-order valence-electron chi connectivity index (χ0n) is 75.3. The van der Waals surface area contributed by atoms with Gasteiger partial charge in [0.15, 0.2) is 17.5 Å². The van der Waals surface area contributed by atoms with Crippen LogP contribution in [0.25, 0.3) is 234 Å². The molecule has 18 aromatic carbocycles. The molecule has 24 rings (SSSR count).